The first-order valence-electron chi connectivity index (χ1n) is 7.84. The molecule has 1 aromatic rings. The van der Waals surface area contributed by atoms with Crippen LogP contribution in [0.15, 0.2) is 36.9 Å². The van der Waals surface area contributed by atoms with Gasteiger partial charge >= 0.3 is 0 Å². The number of hydrogen-bond acceptors (Lipinski definition) is 0. The molecule has 0 heterocycles. The van der Waals surface area contributed by atoms with Crippen LogP contribution in [0, 0.1) is 0 Å². The van der Waals surface area contributed by atoms with E-state index in [-0.39, 0.29) is 5.41 Å². The van der Waals surface area contributed by atoms with Crippen molar-refractivity contribution in [2.24, 2.45) is 0 Å². The van der Waals surface area contributed by atoms with E-state index in [0.29, 0.717) is 5.92 Å². The average Bonchev–Trinajstić information content (AvgIpc) is 2.47. The zero-order valence-corrected chi connectivity index (χ0v) is 14.1. The number of allylic oxidation sites excluding steroid dienone is 3. The van der Waals surface area contributed by atoms with E-state index in [1.54, 1.807) is 0 Å². The van der Waals surface area contributed by atoms with Crippen molar-refractivity contribution < 1.29 is 0 Å². The Morgan fingerprint density at radius 1 is 1.30 bits per heavy atom. The van der Waals surface area contributed by atoms with Crippen LogP contribution in [0.2, 0.25) is 0 Å². The Hall–Kier alpha value is -1.30. The van der Waals surface area contributed by atoms with Crippen LogP contribution < -0.4 is 0 Å². The van der Waals surface area contributed by atoms with Gasteiger partial charge in [-0.3, -0.25) is 0 Å². The monoisotopic (exact) mass is 270 g/mol. The SMILES string of the molecule is C=C/C(=C\C)c1ccc(C(C)(C)CC)c(C(C)CC)c1. The minimum atomic E-state index is 0.238. The molecule has 0 bridgehead atoms. The van der Waals surface area contributed by atoms with Crippen molar-refractivity contribution in [3.8, 4) is 0 Å². The van der Waals surface area contributed by atoms with Crippen molar-refractivity contribution in [1.29, 1.82) is 0 Å². The molecule has 0 aliphatic rings. The summed E-state index contributed by atoms with van der Waals surface area (Å²) in [4.78, 5) is 0. The van der Waals surface area contributed by atoms with Gasteiger partial charge in [0.1, 0.15) is 0 Å². The first-order chi connectivity index (χ1) is 9.41. The summed E-state index contributed by atoms with van der Waals surface area (Å²) in [7, 11) is 0. The molecule has 0 spiro atoms. The van der Waals surface area contributed by atoms with E-state index in [1.165, 1.54) is 28.7 Å². The lowest BCUT2D eigenvalue weighted by Crippen LogP contribution is -2.19. The lowest BCUT2D eigenvalue weighted by Gasteiger charge is -2.29. The summed E-state index contributed by atoms with van der Waals surface area (Å²) in [5, 5.41) is 0. The molecule has 0 saturated heterocycles. The Kier molecular flexibility index (Phi) is 5.80. The molecule has 110 valence electrons. The fourth-order valence-electron chi connectivity index (χ4n) is 2.58. The zero-order valence-electron chi connectivity index (χ0n) is 14.1. The Balaban J connectivity index is 3.45. The topological polar surface area (TPSA) is 0 Å². The van der Waals surface area contributed by atoms with Crippen molar-refractivity contribution in [3.05, 3.63) is 53.6 Å². The molecule has 0 amide bonds. The van der Waals surface area contributed by atoms with Gasteiger partial charge in [0.2, 0.25) is 0 Å². The largest absolute Gasteiger partial charge is 0.0985 e. The van der Waals surface area contributed by atoms with Gasteiger partial charge in [0.25, 0.3) is 0 Å². The second-order valence-electron chi connectivity index (χ2n) is 6.30. The highest BCUT2D eigenvalue weighted by Crippen LogP contribution is 2.36. The molecular weight excluding hydrogens is 240 g/mol. The molecule has 0 aliphatic heterocycles. The Bertz CT molecular complexity index is 489. The fraction of sp³-hybridized carbons (Fsp3) is 0.500. The van der Waals surface area contributed by atoms with Gasteiger partial charge in [-0.25, -0.2) is 0 Å². The molecule has 1 atom stereocenters. The van der Waals surface area contributed by atoms with Gasteiger partial charge < -0.3 is 0 Å². The van der Waals surface area contributed by atoms with E-state index in [2.05, 4.69) is 72.4 Å². The normalized spacial score (nSPS) is 14.2. The Morgan fingerprint density at radius 3 is 2.40 bits per heavy atom. The maximum atomic E-state index is 3.92. The molecule has 1 unspecified atom stereocenters. The fourth-order valence-corrected chi connectivity index (χ4v) is 2.58. The summed E-state index contributed by atoms with van der Waals surface area (Å²) in [6.45, 7) is 17.6. The van der Waals surface area contributed by atoms with Crippen LogP contribution in [0.25, 0.3) is 5.57 Å². The van der Waals surface area contributed by atoms with E-state index in [9.17, 15) is 0 Å². The smallest absolute Gasteiger partial charge is 0.0103 e. The molecule has 0 nitrogen and oxygen atoms in total. The van der Waals surface area contributed by atoms with Gasteiger partial charge in [-0.15, -0.1) is 0 Å². The van der Waals surface area contributed by atoms with Crippen LogP contribution in [0.3, 0.4) is 0 Å². The Labute approximate surface area is 125 Å². The predicted molar refractivity (Wildman–Crippen MR) is 92.3 cm³/mol. The van der Waals surface area contributed by atoms with Crippen LogP contribution in [-0.4, -0.2) is 0 Å². The van der Waals surface area contributed by atoms with E-state index >= 15 is 0 Å². The summed E-state index contributed by atoms with van der Waals surface area (Å²) < 4.78 is 0. The number of hydrogen-bond donors (Lipinski definition) is 0. The van der Waals surface area contributed by atoms with Crippen molar-refractivity contribution in [3.63, 3.8) is 0 Å². The van der Waals surface area contributed by atoms with Gasteiger partial charge in [0, 0.05) is 0 Å². The quantitative estimate of drug-likeness (QED) is 0.519. The van der Waals surface area contributed by atoms with E-state index in [4.69, 9.17) is 0 Å². The second-order valence-corrected chi connectivity index (χ2v) is 6.30. The first-order valence-corrected chi connectivity index (χ1v) is 7.84. The standard InChI is InChI=1S/C20H30/c1-8-15(5)18-14-17(16(9-2)10-3)12-13-19(18)20(6,7)11-4/h9-10,12-15H,2,8,11H2,1,3-7H3/b16-10+. The van der Waals surface area contributed by atoms with Gasteiger partial charge in [0.15, 0.2) is 0 Å². The average molecular weight is 270 g/mol. The highest BCUT2D eigenvalue weighted by Gasteiger charge is 2.23. The van der Waals surface area contributed by atoms with Crippen molar-refractivity contribution in [1.82, 2.24) is 0 Å². The second kappa shape index (κ2) is 6.92. The minimum absolute atomic E-state index is 0.238. The van der Waals surface area contributed by atoms with Crippen molar-refractivity contribution >= 4 is 5.57 Å². The van der Waals surface area contributed by atoms with E-state index in [1.807, 2.05) is 6.08 Å². The van der Waals surface area contributed by atoms with Crippen LogP contribution in [-0.2, 0) is 5.41 Å². The third-order valence-corrected chi connectivity index (χ3v) is 4.67. The van der Waals surface area contributed by atoms with Gasteiger partial charge in [-0.1, -0.05) is 71.5 Å². The molecule has 0 fully saturated rings. The molecule has 0 aliphatic carbocycles. The molecular formula is C20H30. The molecule has 0 saturated carbocycles. The summed E-state index contributed by atoms with van der Waals surface area (Å²) in [6, 6.07) is 6.95. The third kappa shape index (κ3) is 3.42. The van der Waals surface area contributed by atoms with Crippen LogP contribution in [0.4, 0.5) is 0 Å². The Morgan fingerprint density at radius 2 is 1.95 bits per heavy atom. The number of rotatable bonds is 6. The maximum absolute atomic E-state index is 3.92. The lowest BCUT2D eigenvalue weighted by atomic mass is 9.76. The van der Waals surface area contributed by atoms with Gasteiger partial charge in [-0.2, -0.15) is 0 Å². The highest BCUT2D eigenvalue weighted by atomic mass is 14.3. The lowest BCUT2D eigenvalue weighted by molar-refractivity contribution is 0.495. The molecule has 0 aromatic heterocycles. The molecule has 1 aromatic carbocycles. The minimum Gasteiger partial charge on any atom is -0.0985 e. The van der Waals surface area contributed by atoms with Gasteiger partial charge in [0.05, 0.1) is 0 Å². The van der Waals surface area contributed by atoms with Crippen molar-refractivity contribution in [2.45, 2.75) is 65.7 Å². The van der Waals surface area contributed by atoms with Crippen LogP contribution in [0.1, 0.15) is 77.0 Å². The molecule has 1 rings (SSSR count). The molecule has 0 heteroatoms. The van der Waals surface area contributed by atoms with Gasteiger partial charge in [-0.05, 0) is 53.4 Å². The highest BCUT2D eigenvalue weighted by molar-refractivity contribution is 5.74. The summed E-state index contributed by atoms with van der Waals surface area (Å²) in [5.41, 5.74) is 5.74. The first kappa shape index (κ1) is 16.8. The molecule has 0 N–H and O–H groups in total. The van der Waals surface area contributed by atoms with Crippen LogP contribution in [0.5, 0.6) is 0 Å². The molecule has 0 radical (unpaired) electrons. The molecule has 20 heavy (non-hydrogen) atoms. The van der Waals surface area contributed by atoms with Crippen molar-refractivity contribution in [2.75, 3.05) is 0 Å². The van der Waals surface area contributed by atoms with E-state index < -0.39 is 0 Å². The predicted octanol–water partition coefficient (Wildman–Crippen LogP) is 6.48. The van der Waals surface area contributed by atoms with E-state index in [0.717, 1.165) is 6.42 Å². The summed E-state index contributed by atoms with van der Waals surface area (Å²) in [5.74, 6) is 0.596. The summed E-state index contributed by atoms with van der Waals surface area (Å²) in [6.07, 6.45) is 6.41. The third-order valence-electron chi connectivity index (χ3n) is 4.67. The maximum Gasteiger partial charge on any atom is -0.0103 e. The number of benzene rings is 1. The summed E-state index contributed by atoms with van der Waals surface area (Å²) >= 11 is 0. The van der Waals surface area contributed by atoms with Crippen LogP contribution >= 0.6 is 0 Å². The zero-order chi connectivity index (χ0) is 15.3.